The fourth-order valence-corrected chi connectivity index (χ4v) is 2.59. The minimum Gasteiger partial charge on any atom is -0.497 e. The molecule has 1 aromatic carbocycles. The van der Waals surface area contributed by atoms with Crippen LogP contribution in [-0.4, -0.2) is 13.0 Å². The molecular weight excluding hydrogens is 272 g/mol. The molecule has 0 aliphatic carbocycles. The second-order valence-electron chi connectivity index (χ2n) is 4.65. The Hall–Kier alpha value is -1.85. The Balaban J connectivity index is 2.25. The summed E-state index contributed by atoms with van der Waals surface area (Å²) < 4.78 is 5.20. The Labute approximate surface area is 122 Å². The number of methoxy groups -OCH3 is 1. The lowest BCUT2D eigenvalue weighted by molar-refractivity contribution is -0.124. The van der Waals surface area contributed by atoms with Gasteiger partial charge in [0.2, 0.25) is 5.91 Å². The van der Waals surface area contributed by atoms with Gasteiger partial charge in [0.1, 0.15) is 11.3 Å². The van der Waals surface area contributed by atoms with Gasteiger partial charge in [-0.1, -0.05) is 18.2 Å². The summed E-state index contributed by atoms with van der Waals surface area (Å²) in [6.45, 7) is 2.38. The highest BCUT2D eigenvalue weighted by Crippen LogP contribution is 2.25. The van der Waals surface area contributed by atoms with Gasteiger partial charge < -0.3 is 10.5 Å². The first-order valence-electron chi connectivity index (χ1n) is 6.28. The molecule has 2 rings (SSSR count). The number of hydrogen-bond donors (Lipinski definition) is 2. The molecule has 106 valence electrons. The van der Waals surface area contributed by atoms with Crippen molar-refractivity contribution < 1.29 is 9.53 Å². The van der Waals surface area contributed by atoms with Gasteiger partial charge in [-0.25, -0.2) is 0 Å². The summed E-state index contributed by atoms with van der Waals surface area (Å²) in [4.78, 5) is 13.1. The molecule has 5 heteroatoms. The zero-order valence-electron chi connectivity index (χ0n) is 11.6. The minimum absolute atomic E-state index is 0.415. The molecule has 0 saturated carbocycles. The van der Waals surface area contributed by atoms with Crippen molar-refractivity contribution in [1.29, 1.82) is 0 Å². The second kappa shape index (κ2) is 6.07. The number of carbonyl (C=O) groups excluding carboxylic acids is 1. The summed E-state index contributed by atoms with van der Waals surface area (Å²) in [5.41, 5.74) is 5.46. The summed E-state index contributed by atoms with van der Waals surface area (Å²) in [6, 6.07) is 11.4. The van der Waals surface area contributed by atoms with E-state index in [0.29, 0.717) is 12.3 Å². The molecule has 1 unspecified atom stereocenters. The van der Waals surface area contributed by atoms with Gasteiger partial charge in [-0.3, -0.25) is 10.1 Å². The van der Waals surface area contributed by atoms with Crippen LogP contribution >= 0.6 is 11.3 Å². The summed E-state index contributed by atoms with van der Waals surface area (Å²) in [5.74, 6) is 0.287. The van der Waals surface area contributed by atoms with Crippen LogP contribution in [0, 0.1) is 0 Å². The van der Waals surface area contributed by atoms with E-state index in [4.69, 9.17) is 10.5 Å². The number of nitrogens with one attached hydrogen (secondary N) is 1. The molecule has 0 aliphatic heterocycles. The number of benzene rings is 1. The van der Waals surface area contributed by atoms with Crippen LogP contribution in [0.1, 0.15) is 17.4 Å². The lowest BCUT2D eigenvalue weighted by Crippen LogP contribution is -2.49. The maximum absolute atomic E-state index is 11.9. The van der Waals surface area contributed by atoms with Crippen LogP contribution in [0.4, 0.5) is 0 Å². The van der Waals surface area contributed by atoms with Gasteiger partial charge in [0.25, 0.3) is 0 Å². The Morgan fingerprint density at radius 3 is 2.80 bits per heavy atom. The Morgan fingerprint density at radius 1 is 1.40 bits per heavy atom. The number of nitrogens with two attached hydrogens (primary N) is 1. The highest BCUT2D eigenvalue weighted by atomic mass is 32.1. The molecule has 0 saturated heterocycles. The summed E-state index contributed by atoms with van der Waals surface area (Å²) in [6.07, 6.45) is 0. The number of hydrogen-bond acceptors (Lipinski definition) is 4. The maximum Gasteiger partial charge on any atom is 0.242 e. The number of carbonyl (C=O) groups is 1. The van der Waals surface area contributed by atoms with E-state index in [9.17, 15) is 4.79 Å². The zero-order valence-corrected chi connectivity index (χ0v) is 12.4. The van der Waals surface area contributed by atoms with Crippen molar-refractivity contribution in [3.05, 3.63) is 52.2 Å². The predicted molar refractivity (Wildman–Crippen MR) is 80.7 cm³/mol. The van der Waals surface area contributed by atoms with E-state index in [1.54, 1.807) is 25.4 Å². The zero-order chi connectivity index (χ0) is 14.6. The van der Waals surface area contributed by atoms with Gasteiger partial charge >= 0.3 is 0 Å². The quantitative estimate of drug-likeness (QED) is 0.857. The molecular formula is C15H18N2O2S. The molecule has 1 heterocycles. The van der Waals surface area contributed by atoms with E-state index in [0.717, 1.165) is 10.4 Å². The van der Waals surface area contributed by atoms with Crippen molar-refractivity contribution in [1.82, 2.24) is 5.32 Å². The van der Waals surface area contributed by atoms with Gasteiger partial charge in [0.15, 0.2) is 0 Å². The molecule has 20 heavy (non-hydrogen) atoms. The first-order valence-corrected chi connectivity index (χ1v) is 7.16. The third kappa shape index (κ3) is 3.00. The standard InChI is InChI=1S/C15H18N2O2S/c1-15(14(16)18,17-10-13-7-4-8-20-13)11-5-3-6-12(9-11)19-2/h3-9,17H,10H2,1-2H3,(H2,16,18). The third-order valence-electron chi connectivity index (χ3n) is 3.34. The van der Waals surface area contributed by atoms with Gasteiger partial charge in [0.05, 0.1) is 7.11 Å². The second-order valence-corrected chi connectivity index (χ2v) is 5.69. The van der Waals surface area contributed by atoms with Crippen LogP contribution in [0.5, 0.6) is 5.75 Å². The maximum atomic E-state index is 11.9. The van der Waals surface area contributed by atoms with Crippen molar-refractivity contribution in [2.45, 2.75) is 19.0 Å². The monoisotopic (exact) mass is 290 g/mol. The van der Waals surface area contributed by atoms with Gasteiger partial charge in [-0.15, -0.1) is 11.3 Å². The lowest BCUT2D eigenvalue weighted by atomic mass is 9.91. The number of amides is 1. The number of ether oxygens (including phenoxy) is 1. The van der Waals surface area contributed by atoms with Crippen molar-refractivity contribution in [2.75, 3.05) is 7.11 Å². The fourth-order valence-electron chi connectivity index (χ4n) is 1.94. The van der Waals surface area contributed by atoms with Gasteiger partial charge in [0, 0.05) is 11.4 Å². The molecule has 1 amide bonds. The first-order chi connectivity index (χ1) is 9.56. The number of primary amides is 1. The van der Waals surface area contributed by atoms with Crippen molar-refractivity contribution in [3.8, 4) is 5.75 Å². The molecule has 1 aromatic heterocycles. The molecule has 0 spiro atoms. The average molecular weight is 290 g/mol. The molecule has 0 bridgehead atoms. The van der Waals surface area contributed by atoms with Crippen LogP contribution in [-0.2, 0) is 16.9 Å². The van der Waals surface area contributed by atoms with E-state index < -0.39 is 11.4 Å². The van der Waals surface area contributed by atoms with E-state index in [1.807, 2.05) is 41.8 Å². The Morgan fingerprint density at radius 2 is 2.20 bits per heavy atom. The summed E-state index contributed by atoms with van der Waals surface area (Å²) in [5, 5.41) is 5.25. The molecule has 1 atom stereocenters. The fraction of sp³-hybridized carbons (Fsp3) is 0.267. The molecule has 4 nitrogen and oxygen atoms in total. The molecule has 3 N–H and O–H groups in total. The minimum atomic E-state index is -0.932. The average Bonchev–Trinajstić information content (AvgIpc) is 2.98. The van der Waals surface area contributed by atoms with Crippen LogP contribution in [0.25, 0.3) is 0 Å². The largest absolute Gasteiger partial charge is 0.497 e. The summed E-state index contributed by atoms with van der Waals surface area (Å²) in [7, 11) is 1.60. The number of rotatable bonds is 6. The van der Waals surface area contributed by atoms with Crippen LogP contribution < -0.4 is 15.8 Å². The predicted octanol–water partition coefficient (Wildman–Crippen LogP) is 2.25. The van der Waals surface area contributed by atoms with Crippen LogP contribution in [0.15, 0.2) is 41.8 Å². The molecule has 0 radical (unpaired) electrons. The van der Waals surface area contributed by atoms with E-state index >= 15 is 0 Å². The molecule has 2 aromatic rings. The lowest BCUT2D eigenvalue weighted by Gasteiger charge is -2.28. The van der Waals surface area contributed by atoms with E-state index in [2.05, 4.69) is 5.32 Å². The first kappa shape index (κ1) is 14.6. The third-order valence-corrected chi connectivity index (χ3v) is 4.21. The van der Waals surface area contributed by atoms with Crippen LogP contribution in [0.3, 0.4) is 0 Å². The highest BCUT2D eigenvalue weighted by molar-refractivity contribution is 7.09. The smallest absolute Gasteiger partial charge is 0.242 e. The molecule has 0 aliphatic rings. The molecule has 0 fully saturated rings. The normalized spacial score (nSPS) is 13.7. The number of thiophene rings is 1. The van der Waals surface area contributed by atoms with Crippen molar-refractivity contribution in [3.63, 3.8) is 0 Å². The topological polar surface area (TPSA) is 64.3 Å². The van der Waals surface area contributed by atoms with E-state index in [-0.39, 0.29) is 0 Å². The van der Waals surface area contributed by atoms with E-state index in [1.165, 1.54) is 0 Å². The Bertz CT molecular complexity index is 583. The van der Waals surface area contributed by atoms with Gasteiger partial charge in [-0.05, 0) is 36.1 Å². The summed E-state index contributed by atoms with van der Waals surface area (Å²) >= 11 is 1.64. The SMILES string of the molecule is COc1cccc(C(C)(NCc2cccs2)C(N)=O)c1. The Kier molecular flexibility index (Phi) is 4.42. The van der Waals surface area contributed by atoms with Crippen molar-refractivity contribution in [2.24, 2.45) is 5.73 Å². The van der Waals surface area contributed by atoms with Crippen molar-refractivity contribution >= 4 is 17.2 Å². The van der Waals surface area contributed by atoms with Gasteiger partial charge in [-0.2, -0.15) is 0 Å². The van der Waals surface area contributed by atoms with Crippen LogP contribution in [0.2, 0.25) is 0 Å². The highest BCUT2D eigenvalue weighted by Gasteiger charge is 2.33.